The molecule has 0 fully saturated rings. The number of ether oxygens (including phenoxy) is 2. The second kappa shape index (κ2) is 9.41. The van der Waals surface area contributed by atoms with Gasteiger partial charge in [-0.15, -0.1) is 0 Å². The van der Waals surface area contributed by atoms with Crippen LogP contribution in [-0.4, -0.2) is 30.9 Å². The fourth-order valence-corrected chi connectivity index (χ4v) is 2.16. The Kier molecular flexibility index (Phi) is 6.96. The Labute approximate surface area is 151 Å². The third kappa shape index (κ3) is 5.77. The van der Waals surface area contributed by atoms with Crippen molar-refractivity contribution in [2.24, 2.45) is 0 Å². The Morgan fingerprint density at radius 2 is 1.85 bits per heavy atom. The molecule has 0 aliphatic heterocycles. The summed E-state index contributed by atoms with van der Waals surface area (Å²) in [7, 11) is 0. The number of Topliss-reactive ketones (excluding diaryl/α,β-unsaturated/α-hetero) is 1. The van der Waals surface area contributed by atoms with Crippen molar-refractivity contribution in [3.05, 3.63) is 54.0 Å². The standard InChI is InChI=1S/C19H21NO6/c1-3-16(21)14-6-8-15(9-7-14)25-12-19(23)26-11-18(22)20-13(2)17-5-4-10-24-17/h4-10,13H,3,11-12H2,1-2H3,(H,20,22)/t13-/m0/s1. The predicted octanol–water partition coefficient (Wildman–Crippen LogP) is 2.67. The van der Waals surface area contributed by atoms with Gasteiger partial charge < -0.3 is 19.2 Å². The number of carbonyl (C=O) groups excluding carboxylic acids is 3. The number of hydrogen-bond acceptors (Lipinski definition) is 6. The molecule has 138 valence electrons. The lowest BCUT2D eigenvalue weighted by atomic mass is 10.1. The molecule has 0 spiro atoms. The summed E-state index contributed by atoms with van der Waals surface area (Å²) in [5.41, 5.74) is 0.588. The van der Waals surface area contributed by atoms with Crippen LogP contribution in [0.5, 0.6) is 5.75 Å². The maximum absolute atomic E-state index is 11.8. The van der Waals surface area contributed by atoms with E-state index in [9.17, 15) is 14.4 Å². The Hall–Kier alpha value is -3.09. The van der Waals surface area contributed by atoms with E-state index in [4.69, 9.17) is 13.9 Å². The summed E-state index contributed by atoms with van der Waals surface area (Å²) in [5, 5.41) is 2.65. The SMILES string of the molecule is CCC(=O)c1ccc(OCC(=O)OCC(=O)N[C@@H](C)c2ccco2)cc1. The molecule has 0 bridgehead atoms. The van der Waals surface area contributed by atoms with E-state index < -0.39 is 18.5 Å². The van der Waals surface area contributed by atoms with Crippen molar-refractivity contribution < 1.29 is 28.3 Å². The normalized spacial score (nSPS) is 11.5. The van der Waals surface area contributed by atoms with Gasteiger partial charge in [0.25, 0.3) is 5.91 Å². The summed E-state index contributed by atoms with van der Waals surface area (Å²) >= 11 is 0. The van der Waals surface area contributed by atoms with E-state index in [-0.39, 0.29) is 18.4 Å². The van der Waals surface area contributed by atoms with Gasteiger partial charge in [0.2, 0.25) is 0 Å². The van der Waals surface area contributed by atoms with Crippen LogP contribution in [0, 0.1) is 0 Å². The molecule has 1 atom stereocenters. The number of nitrogens with one attached hydrogen (secondary N) is 1. The molecule has 1 aromatic heterocycles. The third-order valence-corrected chi connectivity index (χ3v) is 3.57. The molecule has 0 aliphatic rings. The van der Waals surface area contributed by atoms with Crippen LogP contribution < -0.4 is 10.1 Å². The fraction of sp³-hybridized carbons (Fsp3) is 0.316. The molecule has 7 nitrogen and oxygen atoms in total. The molecule has 1 amide bonds. The highest BCUT2D eigenvalue weighted by Crippen LogP contribution is 2.14. The zero-order valence-corrected chi connectivity index (χ0v) is 14.7. The highest BCUT2D eigenvalue weighted by Gasteiger charge is 2.14. The van der Waals surface area contributed by atoms with Gasteiger partial charge in [0.05, 0.1) is 12.3 Å². The van der Waals surface area contributed by atoms with E-state index in [0.29, 0.717) is 23.5 Å². The second-order valence-electron chi connectivity index (χ2n) is 5.56. The minimum atomic E-state index is -0.667. The zero-order valence-electron chi connectivity index (χ0n) is 14.7. The van der Waals surface area contributed by atoms with Gasteiger partial charge in [0, 0.05) is 12.0 Å². The van der Waals surface area contributed by atoms with Crippen LogP contribution in [0.4, 0.5) is 0 Å². The molecule has 0 saturated carbocycles. The first-order valence-corrected chi connectivity index (χ1v) is 8.24. The van der Waals surface area contributed by atoms with Gasteiger partial charge in [-0.1, -0.05) is 6.92 Å². The molecule has 0 aliphatic carbocycles. The Balaban J connectivity index is 1.70. The quantitative estimate of drug-likeness (QED) is 0.546. The van der Waals surface area contributed by atoms with E-state index in [1.54, 1.807) is 50.2 Å². The van der Waals surface area contributed by atoms with E-state index in [0.717, 1.165) is 0 Å². The highest BCUT2D eigenvalue weighted by molar-refractivity contribution is 5.95. The summed E-state index contributed by atoms with van der Waals surface area (Å²) < 4.78 is 15.3. The minimum Gasteiger partial charge on any atom is -0.482 e. The molecule has 0 saturated heterocycles. The van der Waals surface area contributed by atoms with E-state index in [1.807, 2.05) is 0 Å². The number of esters is 1. The van der Waals surface area contributed by atoms with Crippen LogP contribution in [0.25, 0.3) is 0 Å². The van der Waals surface area contributed by atoms with Crippen molar-refractivity contribution in [3.8, 4) is 5.75 Å². The first-order valence-electron chi connectivity index (χ1n) is 8.24. The van der Waals surface area contributed by atoms with Crippen molar-refractivity contribution in [3.63, 3.8) is 0 Å². The molecule has 1 aromatic carbocycles. The number of amides is 1. The third-order valence-electron chi connectivity index (χ3n) is 3.57. The highest BCUT2D eigenvalue weighted by atomic mass is 16.6. The van der Waals surface area contributed by atoms with Crippen molar-refractivity contribution in [1.29, 1.82) is 0 Å². The smallest absolute Gasteiger partial charge is 0.344 e. The maximum atomic E-state index is 11.8. The van der Waals surface area contributed by atoms with Crippen molar-refractivity contribution in [2.75, 3.05) is 13.2 Å². The topological polar surface area (TPSA) is 94.8 Å². The lowest BCUT2D eigenvalue weighted by Crippen LogP contribution is -2.31. The van der Waals surface area contributed by atoms with Gasteiger partial charge in [0.1, 0.15) is 11.5 Å². The number of rotatable bonds is 9. The van der Waals surface area contributed by atoms with Gasteiger partial charge in [-0.3, -0.25) is 9.59 Å². The van der Waals surface area contributed by atoms with Crippen LogP contribution in [0.15, 0.2) is 47.1 Å². The van der Waals surface area contributed by atoms with E-state index in [2.05, 4.69) is 5.32 Å². The lowest BCUT2D eigenvalue weighted by molar-refractivity contribution is -0.150. The lowest BCUT2D eigenvalue weighted by Gasteiger charge is -2.12. The first-order chi connectivity index (χ1) is 12.5. The van der Waals surface area contributed by atoms with E-state index >= 15 is 0 Å². The molecule has 0 unspecified atom stereocenters. The first kappa shape index (κ1) is 19.2. The number of benzene rings is 1. The summed E-state index contributed by atoms with van der Waals surface area (Å²) in [6, 6.07) is 9.62. The van der Waals surface area contributed by atoms with Gasteiger partial charge in [-0.25, -0.2) is 4.79 Å². The maximum Gasteiger partial charge on any atom is 0.344 e. The van der Waals surface area contributed by atoms with Crippen molar-refractivity contribution in [2.45, 2.75) is 26.3 Å². The van der Waals surface area contributed by atoms with Crippen LogP contribution in [0.2, 0.25) is 0 Å². The summed E-state index contributed by atoms with van der Waals surface area (Å²) in [6.07, 6.45) is 1.94. The summed E-state index contributed by atoms with van der Waals surface area (Å²) in [5.74, 6) is -0.0292. The number of furan rings is 1. The molecule has 0 radical (unpaired) electrons. The van der Waals surface area contributed by atoms with Gasteiger partial charge in [-0.05, 0) is 43.3 Å². The molecule has 7 heteroatoms. The molecular weight excluding hydrogens is 338 g/mol. The fourth-order valence-electron chi connectivity index (χ4n) is 2.16. The van der Waals surface area contributed by atoms with Gasteiger partial charge in [0.15, 0.2) is 19.0 Å². The number of ketones is 1. The van der Waals surface area contributed by atoms with Gasteiger partial charge in [-0.2, -0.15) is 0 Å². The average Bonchev–Trinajstić information content (AvgIpc) is 3.19. The summed E-state index contributed by atoms with van der Waals surface area (Å²) in [6.45, 7) is 2.81. The van der Waals surface area contributed by atoms with Crippen LogP contribution in [-0.2, 0) is 14.3 Å². The average molecular weight is 359 g/mol. The molecule has 2 aromatic rings. The minimum absolute atomic E-state index is 0.0331. The summed E-state index contributed by atoms with van der Waals surface area (Å²) in [4.78, 5) is 34.9. The largest absolute Gasteiger partial charge is 0.482 e. The van der Waals surface area contributed by atoms with Crippen LogP contribution in [0.3, 0.4) is 0 Å². The van der Waals surface area contributed by atoms with Crippen molar-refractivity contribution >= 4 is 17.7 Å². The number of carbonyl (C=O) groups is 3. The molecule has 1 N–H and O–H groups in total. The Morgan fingerprint density at radius 3 is 2.46 bits per heavy atom. The molecule has 2 rings (SSSR count). The van der Waals surface area contributed by atoms with E-state index in [1.165, 1.54) is 6.26 Å². The Morgan fingerprint density at radius 1 is 1.12 bits per heavy atom. The monoisotopic (exact) mass is 359 g/mol. The molecule has 26 heavy (non-hydrogen) atoms. The van der Waals surface area contributed by atoms with Gasteiger partial charge >= 0.3 is 5.97 Å². The second-order valence-corrected chi connectivity index (χ2v) is 5.56. The number of hydrogen-bond donors (Lipinski definition) is 1. The zero-order chi connectivity index (χ0) is 18.9. The van der Waals surface area contributed by atoms with Crippen LogP contribution >= 0.6 is 0 Å². The Bertz CT molecular complexity index is 736. The molecular formula is C19H21NO6. The van der Waals surface area contributed by atoms with Crippen LogP contribution in [0.1, 0.15) is 42.4 Å². The predicted molar refractivity (Wildman–Crippen MR) is 92.8 cm³/mol. The van der Waals surface area contributed by atoms with Crippen molar-refractivity contribution in [1.82, 2.24) is 5.32 Å². The molecule has 1 heterocycles.